The predicted molar refractivity (Wildman–Crippen MR) is 72.5 cm³/mol. The standard InChI is InChI=1S/C13H15ClN2O3/c1-9-6-16(11-4-2-10(14)3-5-11)12(17)7-15(9)8-13(18)19/h2-5,9H,6-8H2,1H3,(H,18,19)/t9-/m1/s1. The molecule has 102 valence electrons. The smallest absolute Gasteiger partial charge is 0.317 e. The van der Waals surface area contributed by atoms with E-state index in [0.717, 1.165) is 5.69 Å². The van der Waals surface area contributed by atoms with Gasteiger partial charge in [-0.05, 0) is 31.2 Å². The minimum atomic E-state index is -0.917. The molecule has 0 aliphatic carbocycles. The molecule has 1 N–H and O–H groups in total. The molecule has 0 unspecified atom stereocenters. The summed E-state index contributed by atoms with van der Waals surface area (Å²) < 4.78 is 0. The number of carbonyl (C=O) groups excluding carboxylic acids is 1. The van der Waals surface area contributed by atoms with Crippen molar-refractivity contribution in [3.63, 3.8) is 0 Å². The third-order valence-corrected chi connectivity index (χ3v) is 3.44. The maximum absolute atomic E-state index is 12.1. The number of carboxylic acid groups (broad SMARTS) is 1. The minimum Gasteiger partial charge on any atom is -0.480 e. The van der Waals surface area contributed by atoms with Crippen molar-refractivity contribution in [1.82, 2.24) is 4.90 Å². The van der Waals surface area contributed by atoms with Gasteiger partial charge in [0.1, 0.15) is 0 Å². The van der Waals surface area contributed by atoms with E-state index in [0.29, 0.717) is 11.6 Å². The van der Waals surface area contributed by atoms with Gasteiger partial charge in [-0.15, -0.1) is 0 Å². The van der Waals surface area contributed by atoms with Gasteiger partial charge in [-0.25, -0.2) is 0 Å². The predicted octanol–water partition coefficient (Wildman–Crippen LogP) is 1.46. The van der Waals surface area contributed by atoms with Crippen LogP contribution in [0.3, 0.4) is 0 Å². The van der Waals surface area contributed by atoms with Crippen molar-refractivity contribution in [3.05, 3.63) is 29.3 Å². The van der Waals surface area contributed by atoms with Crippen LogP contribution in [0.1, 0.15) is 6.92 Å². The summed E-state index contributed by atoms with van der Waals surface area (Å²) in [7, 11) is 0. The summed E-state index contributed by atoms with van der Waals surface area (Å²) in [5, 5.41) is 9.42. The van der Waals surface area contributed by atoms with E-state index in [1.807, 2.05) is 6.92 Å². The molecule has 0 saturated carbocycles. The molecule has 1 heterocycles. The van der Waals surface area contributed by atoms with Gasteiger partial charge < -0.3 is 10.0 Å². The second-order valence-electron chi connectivity index (χ2n) is 4.63. The highest BCUT2D eigenvalue weighted by Crippen LogP contribution is 2.22. The Labute approximate surface area is 116 Å². The van der Waals surface area contributed by atoms with Gasteiger partial charge in [-0.1, -0.05) is 11.6 Å². The Hall–Kier alpha value is -1.59. The first-order chi connectivity index (χ1) is 8.97. The van der Waals surface area contributed by atoms with Crippen molar-refractivity contribution in [3.8, 4) is 0 Å². The molecule has 1 atom stereocenters. The zero-order valence-corrected chi connectivity index (χ0v) is 11.3. The number of hydrogen-bond donors (Lipinski definition) is 1. The van der Waals surface area contributed by atoms with Crippen LogP contribution in [0.25, 0.3) is 0 Å². The summed E-state index contributed by atoms with van der Waals surface area (Å²) in [4.78, 5) is 26.1. The molecule has 1 amide bonds. The summed E-state index contributed by atoms with van der Waals surface area (Å²) in [6.45, 7) is 2.41. The number of halogens is 1. The van der Waals surface area contributed by atoms with Crippen molar-refractivity contribution in [1.29, 1.82) is 0 Å². The molecule has 5 nitrogen and oxygen atoms in total. The first-order valence-electron chi connectivity index (χ1n) is 5.99. The third-order valence-electron chi connectivity index (χ3n) is 3.19. The fraction of sp³-hybridized carbons (Fsp3) is 0.385. The molecule has 1 aliphatic rings. The first-order valence-corrected chi connectivity index (χ1v) is 6.37. The van der Waals surface area contributed by atoms with Crippen molar-refractivity contribution in [2.75, 3.05) is 24.5 Å². The Kier molecular flexibility index (Phi) is 4.07. The molecule has 0 radical (unpaired) electrons. The lowest BCUT2D eigenvalue weighted by Gasteiger charge is -2.38. The van der Waals surface area contributed by atoms with Gasteiger partial charge in [-0.2, -0.15) is 0 Å². The van der Waals surface area contributed by atoms with Crippen LogP contribution >= 0.6 is 11.6 Å². The Morgan fingerprint density at radius 2 is 2.05 bits per heavy atom. The van der Waals surface area contributed by atoms with Crippen LogP contribution in [0.5, 0.6) is 0 Å². The number of benzene rings is 1. The van der Waals surface area contributed by atoms with Crippen LogP contribution in [-0.2, 0) is 9.59 Å². The highest BCUT2D eigenvalue weighted by molar-refractivity contribution is 6.30. The molecule has 0 bridgehead atoms. The largest absolute Gasteiger partial charge is 0.480 e. The average Bonchev–Trinajstić information content (AvgIpc) is 2.34. The maximum Gasteiger partial charge on any atom is 0.317 e. The molecule has 1 aliphatic heterocycles. The van der Waals surface area contributed by atoms with E-state index < -0.39 is 5.97 Å². The molecule has 1 aromatic rings. The first kappa shape index (κ1) is 13.8. The van der Waals surface area contributed by atoms with E-state index in [1.54, 1.807) is 34.1 Å². The number of anilines is 1. The summed E-state index contributed by atoms with van der Waals surface area (Å²) in [6.07, 6.45) is 0. The van der Waals surface area contributed by atoms with Crippen LogP contribution in [0.2, 0.25) is 5.02 Å². The SMILES string of the molecule is C[C@@H]1CN(c2ccc(Cl)cc2)C(=O)CN1CC(=O)O. The van der Waals surface area contributed by atoms with Gasteiger partial charge in [0, 0.05) is 23.3 Å². The van der Waals surface area contributed by atoms with Gasteiger partial charge >= 0.3 is 5.97 Å². The zero-order valence-electron chi connectivity index (χ0n) is 10.5. The van der Waals surface area contributed by atoms with E-state index >= 15 is 0 Å². The molecule has 2 rings (SSSR count). The zero-order chi connectivity index (χ0) is 14.0. The fourth-order valence-corrected chi connectivity index (χ4v) is 2.28. The van der Waals surface area contributed by atoms with Gasteiger partial charge in [0.25, 0.3) is 0 Å². The Balaban J connectivity index is 2.12. The Morgan fingerprint density at radius 3 is 2.63 bits per heavy atom. The van der Waals surface area contributed by atoms with Crippen molar-refractivity contribution in [2.45, 2.75) is 13.0 Å². The number of hydrogen-bond acceptors (Lipinski definition) is 3. The van der Waals surface area contributed by atoms with Crippen LogP contribution in [0, 0.1) is 0 Å². The lowest BCUT2D eigenvalue weighted by molar-refractivity contribution is -0.139. The normalized spacial score (nSPS) is 20.6. The van der Waals surface area contributed by atoms with E-state index in [9.17, 15) is 9.59 Å². The summed E-state index contributed by atoms with van der Waals surface area (Å²) >= 11 is 5.82. The number of carboxylic acids is 1. The van der Waals surface area contributed by atoms with E-state index in [-0.39, 0.29) is 25.0 Å². The van der Waals surface area contributed by atoms with Gasteiger partial charge in [0.05, 0.1) is 13.1 Å². The molecule has 0 aromatic heterocycles. The molecule has 19 heavy (non-hydrogen) atoms. The Morgan fingerprint density at radius 1 is 1.42 bits per heavy atom. The average molecular weight is 283 g/mol. The Bertz CT molecular complexity index is 489. The van der Waals surface area contributed by atoms with Gasteiger partial charge in [-0.3, -0.25) is 14.5 Å². The lowest BCUT2D eigenvalue weighted by Crippen LogP contribution is -2.56. The highest BCUT2D eigenvalue weighted by Gasteiger charge is 2.31. The van der Waals surface area contributed by atoms with Crippen molar-refractivity contribution in [2.24, 2.45) is 0 Å². The summed E-state index contributed by atoms with van der Waals surface area (Å²) in [6, 6.07) is 7.06. The van der Waals surface area contributed by atoms with Crippen LogP contribution < -0.4 is 4.90 Å². The topological polar surface area (TPSA) is 60.9 Å². The molecular formula is C13H15ClN2O3. The number of carbonyl (C=O) groups is 2. The van der Waals surface area contributed by atoms with Crippen LogP contribution in [0.15, 0.2) is 24.3 Å². The van der Waals surface area contributed by atoms with Gasteiger partial charge in [0.2, 0.25) is 5.91 Å². The highest BCUT2D eigenvalue weighted by atomic mass is 35.5. The molecule has 1 aromatic carbocycles. The van der Waals surface area contributed by atoms with Crippen molar-refractivity contribution < 1.29 is 14.7 Å². The summed E-state index contributed by atoms with van der Waals surface area (Å²) in [5.41, 5.74) is 0.788. The van der Waals surface area contributed by atoms with E-state index in [1.165, 1.54) is 0 Å². The number of rotatable bonds is 3. The molecule has 6 heteroatoms. The van der Waals surface area contributed by atoms with Gasteiger partial charge in [0.15, 0.2) is 0 Å². The molecule has 0 spiro atoms. The molecular weight excluding hydrogens is 268 g/mol. The molecule has 1 fully saturated rings. The fourth-order valence-electron chi connectivity index (χ4n) is 2.15. The minimum absolute atomic E-state index is 0.00415. The number of aliphatic carboxylic acids is 1. The quantitative estimate of drug-likeness (QED) is 0.912. The second-order valence-corrected chi connectivity index (χ2v) is 5.06. The maximum atomic E-state index is 12.1. The number of amides is 1. The van der Waals surface area contributed by atoms with Crippen LogP contribution in [-0.4, -0.2) is 47.6 Å². The van der Waals surface area contributed by atoms with E-state index in [2.05, 4.69) is 0 Å². The van der Waals surface area contributed by atoms with Crippen LogP contribution in [0.4, 0.5) is 5.69 Å². The third kappa shape index (κ3) is 3.24. The van der Waals surface area contributed by atoms with E-state index in [4.69, 9.17) is 16.7 Å². The van der Waals surface area contributed by atoms with Crippen molar-refractivity contribution >= 4 is 29.2 Å². The number of piperazine rings is 1. The monoisotopic (exact) mass is 282 g/mol. The number of nitrogens with zero attached hydrogens (tertiary/aromatic N) is 2. The summed E-state index contributed by atoms with van der Waals surface area (Å²) in [5.74, 6) is -1.01. The lowest BCUT2D eigenvalue weighted by atomic mass is 10.1. The second kappa shape index (κ2) is 5.59. The molecule has 1 saturated heterocycles.